The highest BCUT2D eigenvalue weighted by Gasteiger charge is 2.16. The molecule has 3 aromatic rings. The molecule has 0 spiro atoms. The van der Waals surface area contributed by atoms with E-state index < -0.39 is 0 Å². The third-order valence-electron chi connectivity index (χ3n) is 4.30. The van der Waals surface area contributed by atoms with E-state index in [0.717, 1.165) is 22.5 Å². The predicted molar refractivity (Wildman–Crippen MR) is 118 cm³/mol. The lowest BCUT2D eigenvalue weighted by molar-refractivity contribution is -0.113. The minimum Gasteiger partial charge on any atom is -0.383 e. The molecule has 2 aromatic carbocycles. The summed E-state index contributed by atoms with van der Waals surface area (Å²) < 4.78 is 7.22. The molecule has 3 rings (SSSR count). The van der Waals surface area contributed by atoms with Gasteiger partial charge in [-0.25, -0.2) is 0 Å². The van der Waals surface area contributed by atoms with Crippen LogP contribution in [0.2, 0.25) is 5.02 Å². The number of nitrogens with one attached hydrogen (secondary N) is 1. The van der Waals surface area contributed by atoms with Crippen LogP contribution in [0, 0.1) is 13.8 Å². The van der Waals surface area contributed by atoms with E-state index in [9.17, 15) is 4.79 Å². The molecule has 6 nitrogen and oxygen atoms in total. The van der Waals surface area contributed by atoms with Gasteiger partial charge in [0, 0.05) is 23.4 Å². The Bertz CT molecular complexity index is 1010. The lowest BCUT2D eigenvalue weighted by Gasteiger charge is -2.10. The summed E-state index contributed by atoms with van der Waals surface area (Å²) in [7, 11) is 1.66. The normalized spacial score (nSPS) is 10.9. The van der Waals surface area contributed by atoms with Gasteiger partial charge in [0.1, 0.15) is 0 Å². The van der Waals surface area contributed by atoms with E-state index in [1.807, 2.05) is 48.7 Å². The molecule has 152 valence electrons. The largest absolute Gasteiger partial charge is 0.383 e. The summed E-state index contributed by atoms with van der Waals surface area (Å²) in [5.74, 6) is 0.844. The van der Waals surface area contributed by atoms with E-state index in [0.29, 0.717) is 29.0 Å². The fraction of sp³-hybridized carbons (Fsp3) is 0.286. The molecule has 0 aliphatic rings. The molecule has 0 radical (unpaired) electrons. The molecule has 29 heavy (non-hydrogen) atoms. The maximum Gasteiger partial charge on any atom is 0.234 e. The SMILES string of the molecule is COCCn1c(SCC(=O)Nc2ccc(C)c(Cl)c2)nnc1-c1cccc(C)c1. The first-order valence-electron chi connectivity index (χ1n) is 9.16. The molecule has 1 N–H and O–H groups in total. The van der Waals surface area contributed by atoms with Gasteiger partial charge in [-0.15, -0.1) is 10.2 Å². The van der Waals surface area contributed by atoms with Gasteiger partial charge in [0.25, 0.3) is 0 Å². The van der Waals surface area contributed by atoms with Crippen LogP contribution in [0.25, 0.3) is 11.4 Å². The number of rotatable bonds is 8. The van der Waals surface area contributed by atoms with Gasteiger partial charge < -0.3 is 10.1 Å². The highest BCUT2D eigenvalue weighted by atomic mass is 35.5. The first-order valence-corrected chi connectivity index (χ1v) is 10.5. The van der Waals surface area contributed by atoms with E-state index in [2.05, 4.69) is 21.6 Å². The summed E-state index contributed by atoms with van der Waals surface area (Å²) in [4.78, 5) is 12.4. The Morgan fingerprint density at radius 2 is 2.03 bits per heavy atom. The first-order chi connectivity index (χ1) is 14.0. The van der Waals surface area contributed by atoms with Crippen molar-refractivity contribution < 1.29 is 9.53 Å². The van der Waals surface area contributed by atoms with Crippen molar-refractivity contribution in [1.29, 1.82) is 0 Å². The summed E-state index contributed by atoms with van der Waals surface area (Å²) >= 11 is 7.46. The lowest BCUT2D eigenvalue weighted by Crippen LogP contribution is -2.15. The number of methoxy groups -OCH3 is 1. The summed E-state index contributed by atoms with van der Waals surface area (Å²) in [6.45, 7) is 5.09. The predicted octanol–water partition coefficient (Wildman–Crippen LogP) is 4.59. The molecular weight excluding hydrogens is 408 g/mol. The third-order valence-corrected chi connectivity index (χ3v) is 5.67. The number of carbonyl (C=O) groups is 1. The minimum absolute atomic E-state index is 0.131. The van der Waals surface area contributed by atoms with Crippen LogP contribution in [0.5, 0.6) is 0 Å². The van der Waals surface area contributed by atoms with Crippen LogP contribution in [0.4, 0.5) is 5.69 Å². The van der Waals surface area contributed by atoms with Crippen LogP contribution < -0.4 is 5.32 Å². The average molecular weight is 431 g/mol. The number of ether oxygens (including phenoxy) is 1. The second-order valence-corrected chi connectivity index (χ2v) is 7.97. The Balaban J connectivity index is 1.72. The zero-order valence-corrected chi connectivity index (χ0v) is 18.2. The van der Waals surface area contributed by atoms with E-state index in [1.165, 1.54) is 11.8 Å². The molecule has 0 atom stereocenters. The van der Waals surface area contributed by atoms with Crippen LogP contribution in [0.1, 0.15) is 11.1 Å². The number of amides is 1. The molecule has 1 heterocycles. The number of benzene rings is 2. The summed E-state index contributed by atoms with van der Waals surface area (Å²) in [5.41, 5.74) is 3.77. The monoisotopic (exact) mass is 430 g/mol. The van der Waals surface area contributed by atoms with Crippen molar-refractivity contribution >= 4 is 35.0 Å². The molecule has 0 fully saturated rings. The van der Waals surface area contributed by atoms with Gasteiger partial charge in [0.2, 0.25) is 5.91 Å². The van der Waals surface area contributed by atoms with Crippen LogP contribution >= 0.6 is 23.4 Å². The molecule has 1 amide bonds. The minimum atomic E-state index is -0.131. The molecule has 0 saturated carbocycles. The van der Waals surface area contributed by atoms with E-state index in [1.54, 1.807) is 13.2 Å². The lowest BCUT2D eigenvalue weighted by atomic mass is 10.1. The Morgan fingerprint density at radius 3 is 2.76 bits per heavy atom. The van der Waals surface area contributed by atoms with Gasteiger partial charge in [-0.2, -0.15) is 0 Å². The van der Waals surface area contributed by atoms with E-state index >= 15 is 0 Å². The van der Waals surface area contributed by atoms with Gasteiger partial charge in [-0.05, 0) is 37.6 Å². The van der Waals surface area contributed by atoms with Gasteiger partial charge in [-0.3, -0.25) is 9.36 Å². The number of anilines is 1. The molecule has 0 unspecified atom stereocenters. The van der Waals surface area contributed by atoms with E-state index in [4.69, 9.17) is 16.3 Å². The second kappa shape index (κ2) is 9.91. The Labute approximate surface area is 179 Å². The van der Waals surface area contributed by atoms with Gasteiger partial charge in [0.05, 0.1) is 18.9 Å². The first kappa shape index (κ1) is 21.4. The summed E-state index contributed by atoms with van der Waals surface area (Å²) in [6.07, 6.45) is 0. The molecule has 8 heteroatoms. The zero-order chi connectivity index (χ0) is 20.8. The second-order valence-electron chi connectivity index (χ2n) is 6.62. The van der Waals surface area contributed by atoms with Gasteiger partial charge in [-0.1, -0.05) is 53.2 Å². The highest BCUT2D eigenvalue weighted by molar-refractivity contribution is 7.99. The maximum atomic E-state index is 12.4. The number of carbonyl (C=O) groups excluding carboxylic acids is 1. The highest BCUT2D eigenvalue weighted by Crippen LogP contribution is 2.25. The maximum absolute atomic E-state index is 12.4. The van der Waals surface area contributed by atoms with Crippen molar-refractivity contribution in [3.05, 3.63) is 58.6 Å². The molecule has 1 aromatic heterocycles. The molecule has 0 bridgehead atoms. The van der Waals surface area contributed by atoms with Gasteiger partial charge >= 0.3 is 0 Å². The number of hydrogen-bond donors (Lipinski definition) is 1. The number of halogens is 1. The Kier molecular flexibility index (Phi) is 7.30. The standard InChI is InChI=1S/C21H23ClN4O2S/c1-14-5-4-6-16(11-14)20-24-25-21(26(20)9-10-28-3)29-13-19(27)23-17-8-7-15(2)18(22)12-17/h4-8,11-12H,9-10,13H2,1-3H3,(H,23,27). The molecule has 0 aliphatic heterocycles. The average Bonchev–Trinajstić information content (AvgIpc) is 3.10. The molecule has 0 aliphatic carbocycles. The summed E-state index contributed by atoms with van der Waals surface area (Å²) in [5, 5.41) is 12.8. The van der Waals surface area contributed by atoms with Crippen molar-refractivity contribution in [1.82, 2.24) is 14.8 Å². The fourth-order valence-electron chi connectivity index (χ4n) is 2.78. The van der Waals surface area contributed by atoms with Crippen molar-refractivity contribution in [2.75, 3.05) is 24.8 Å². The fourth-order valence-corrected chi connectivity index (χ4v) is 3.72. The molecule has 0 saturated heterocycles. The Morgan fingerprint density at radius 1 is 1.21 bits per heavy atom. The van der Waals surface area contributed by atoms with Crippen LogP contribution in [0.15, 0.2) is 47.6 Å². The summed E-state index contributed by atoms with van der Waals surface area (Å²) in [6, 6.07) is 13.6. The third kappa shape index (κ3) is 5.59. The number of hydrogen-bond acceptors (Lipinski definition) is 5. The Hall–Kier alpha value is -2.35. The topological polar surface area (TPSA) is 69.0 Å². The number of nitrogens with zero attached hydrogens (tertiary/aromatic N) is 3. The van der Waals surface area contributed by atoms with Crippen LogP contribution in [-0.4, -0.2) is 40.1 Å². The van der Waals surface area contributed by atoms with Crippen molar-refractivity contribution in [3.8, 4) is 11.4 Å². The number of thioether (sulfide) groups is 1. The van der Waals surface area contributed by atoms with Gasteiger partial charge in [0.15, 0.2) is 11.0 Å². The quantitative estimate of drug-likeness (QED) is 0.529. The zero-order valence-electron chi connectivity index (χ0n) is 16.6. The van der Waals surface area contributed by atoms with Crippen LogP contribution in [0.3, 0.4) is 0 Å². The van der Waals surface area contributed by atoms with Crippen molar-refractivity contribution in [2.45, 2.75) is 25.5 Å². The molecular formula is C21H23ClN4O2S. The van der Waals surface area contributed by atoms with E-state index in [-0.39, 0.29) is 11.7 Å². The van der Waals surface area contributed by atoms with Crippen LogP contribution in [-0.2, 0) is 16.1 Å². The number of aryl methyl sites for hydroxylation is 2. The van der Waals surface area contributed by atoms with Crippen molar-refractivity contribution in [2.24, 2.45) is 0 Å². The number of aromatic nitrogens is 3. The smallest absolute Gasteiger partial charge is 0.234 e. The van der Waals surface area contributed by atoms with Crippen molar-refractivity contribution in [3.63, 3.8) is 0 Å².